The largest absolute Gasteiger partial charge is 0.462 e. The molecule has 0 saturated heterocycles. The van der Waals surface area contributed by atoms with Crippen LogP contribution in [0.5, 0.6) is 0 Å². The highest BCUT2D eigenvalue weighted by atomic mass is 16.6. The van der Waals surface area contributed by atoms with Crippen LogP contribution in [0.2, 0.25) is 0 Å². The molecule has 0 aliphatic rings. The number of esters is 2. The summed E-state index contributed by atoms with van der Waals surface area (Å²) in [6.45, 7) is 4.05. The highest BCUT2D eigenvalue weighted by molar-refractivity contribution is 5.70. The minimum absolute atomic E-state index is 0.0645. The molecule has 0 rings (SSSR count). The van der Waals surface area contributed by atoms with Crippen LogP contribution in [0.4, 0.5) is 0 Å². The van der Waals surface area contributed by atoms with Crippen LogP contribution in [0, 0.1) is 0 Å². The Hall–Kier alpha value is -2.40. The standard InChI is InChI=1S/C63H114O5/c1-3-5-7-9-11-13-15-17-19-21-22-23-24-25-26-27-28-29-30-31-32-33-34-35-36-37-38-39-40-42-44-46-48-50-52-54-56-58-63(66)68-61(59-64)60-67-62(65)57-55-53-51-49-47-45-43-41-20-18-16-14-12-10-8-6-4-2/h5,7,11,13,17-20,22-23,61,64H,3-4,6,8-10,12,14-16,21,24-60H2,1-2H3/b7-5-,13-11-,19-17-,20-18-,23-22-. The Morgan fingerprint density at radius 1 is 0.353 bits per heavy atom. The van der Waals surface area contributed by atoms with E-state index in [2.05, 4.69) is 74.6 Å². The van der Waals surface area contributed by atoms with Gasteiger partial charge in [0.15, 0.2) is 6.10 Å². The van der Waals surface area contributed by atoms with E-state index in [9.17, 15) is 14.7 Å². The Balaban J connectivity index is 3.40. The lowest BCUT2D eigenvalue weighted by Crippen LogP contribution is -2.28. The zero-order valence-corrected chi connectivity index (χ0v) is 45.4. The Morgan fingerprint density at radius 3 is 0.971 bits per heavy atom. The summed E-state index contributed by atoms with van der Waals surface area (Å²) in [5.41, 5.74) is 0. The van der Waals surface area contributed by atoms with Gasteiger partial charge in [0.25, 0.3) is 0 Å². The lowest BCUT2D eigenvalue weighted by atomic mass is 10.0. The molecule has 0 spiro atoms. The van der Waals surface area contributed by atoms with Gasteiger partial charge in [0.2, 0.25) is 0 Å². The predicted octanol–water partition coefficient (Wildman–Crippen LogP) is 20.2. The first-order valence-corrected chi connectivity index (χ1v) is 29.8. The molecule has 0 fully saturated rings. The Bertz CT molecular complexity index is 1170. The van der Waals surface area contributed by atoms with Gasteiger partial charge in [-0.05, 0) is 77.0 Å². The van der Waals surface area contributed by atoms with Crippen LogP contribution < -0.4 is 0 Å². The molecule has 0 aromatic heterocycles. The van der Waals surface area contributed by atoms with Crippen molar-refractivity contribution in [3.63, 3.8) is 0 Å². The maximum absolute atomic E-state index is 12.3. The smallest absolute Gasteiger partial charge is 0.306 e. The van der Waals surface area contributed by atoms with Crippen LogP contribution in [-0.4, -0.2) is 36.4 Å². The number of unbranched alkanes of at least 4 members (excludes halogenated alkanes) is 37. The summed E-state index contributed by atoms with van der Waals surface area (Å²) in [4.78, 5) is 24.5. The van der Waals surface area contributed by atoms with Crippen LogP contribution in [0.15, 0.2) is 60.8 Å². The molecule has 0 aliphatic heterocycles. The van der Waals surface area contributed by atoms with Crippen molar-refractivity contribution in [1.82, 2.24) is 0 Å². The van der Waals surface area contributed by atoms with Crippen molar-refractivity contribution in [2.75, 3.05) is 13.2 Å². The summed E-state index contributed by atoms with van der Waals surface area (Å²) in [7, 11) is 0. The Labute approximate surface area is 423 Å². The van der Waals surface area contributed by atoms with E-state index in [1.807, 2.05) is 0 Å². The second-order valence-corrected chi connectivity index (χ2v) is 20.0. The number of ether oxygens (including phenoxy) is 2. The molecule has 5 heteroatoms. The molecule has 396 valence electrons. The summed E-state index contributed by atoms with van der Waals surface area (Å²) in [5, 5.41) is 9.65. The maximum atomic E-state index is 12.3. The van der Waals surface area contributed by atoms with Gasteiger partial charge in [-0.3, -0.25) is 9.59 Å². The van der Waals surface area contributed by atoms with Gasteiger partial charge in [0.05, 0.1) is 6.61 Å². The van der Waals surface area contributed by atoms with Gasteiger partial charge in [-0.1, -0.05) is 280 Å². The maximum Gasteiger partial charge on any atom is 0.306 e. The quantitative estimate of drug-likeness (QED) is 0.0374. The van der Waals surface area contributed by atoms with Crippen LogP contribution in [0.1, 0.15) is 309 Å². The summed E-state index contributed by atoms with van der Waals surface area (Å²) in [6, 6.07) is 0. The van der Waals surface area contributed by atoms with E-state index >= 15 is 0 Å². The van der Waals surface area contributed by atoms with Crippen molar-refractivity contribution < 1.29 is 24.2 Å². The van der Waals surface area contributed by atoms with E-state index in [0.29, 0.717) is 12.8 Å². The van der Waals surface area contributed by atoms with Crippen molar-refractivity contribution in [3.8, 4) is 0 Å². The van der Waals surface area contributed by atoms with Gasteiger partial charge in [-0.25, -0.2) is 0 Å². The summed E-state index contributed by atoms with van der Waals surface area (Å²) < 4.78 is 10.7. The number of aliphatic hydroxyl groups is 1. The zero-order chi connectivity index (χ0) is 49.2. The first kappa shape index (κ1) is 65.6. The second kappa shape index (κ2) is 58.9. The van der Waals surface area contributed by atoms with Crippen molar-refractivity contribution in [2.24, 2.45) is 0 Å². The molecule has 5 nitrogen and oxygen atoms in total. The summed E-state index contributed by atoms with van der Waals surface area (Å²) >= 11 is 0. The van der Waals surface area contributed by atoms with Gasteiger partial charge in [0.1, 0.15) is 6.61 Å². The van der Waals surface area contributed by atoms with Crippen molar-refractivity contribution in [2.45, 2.75) is 315 Å². The Morgan fingerprint density at radius 2 is 0.632 bits per heavy atom. The SMILES string of the molecule is CC/C=C\C/C=C\C/C=C\C/C=C\CCCCCCCCCCCCCCCCCCCCCCCCCCC(=O)OC(CO)COC(=O)CCCCCCCCC/C=C\CCCCCCCC. The van der Waals surface area contributed by atoms with Gasteiger partial charge in [0, 0.05) is 12.8 Å². The number of aliphatic hydroxyl groups excluding tert-OH is 1. The number of carbonyl (C=O) groups excluding carboxylic acids is 2. The van der Waals surface area contributed by atoms with Crippen molar-refractivity contribution in [1.29, 1.82) is 0 Å². The predicted molar refractivity (Wildman–Crippen MR) is 297 cm³/mol. The van der Waals surface area contributed by atoms with Crippen LogP contribution in [-0.2, 0) is 19.1 Å². The van der Waals surface area contributed by atoms with E-state index in [1.54, 1.807) is 0 Å². The van der Waals surface area contributed by atoms with E-state index in [0.717, 1.165) is 64.2 Å². The number of hydrogen-bond donors (Lipinski definition) is 1. The molecule has 1 unspecified atom stereocenters. The molecule has 68 heavy (non-hydrogen) atoms. The Kier molecular flexibility index (Phi) is 56.8. The molecule has 1 N–H and O–H groups in total. The van der Waals surface area contributed by atoms with Crippen molar-refractivity contribution >= 4 is 11.9 Å². The molecule has 0 saturated carbocycles. The second-order valence-electron chi connectivity index (χ2n) is 20.0. The fourth-order valence-corrected chi connectivity index (χ4v) is 8.84. The van der Waals surface area contributed by atoms with E-state index < -0.39 is 6.10 Å². The minimum Gasteiger partial charge on any atom is -0.462 e. The molecule has 0 aliphatic carbocycles. The van der Waals surface area contributed by atoms with Crippen LogP contribution in [0.25, 0.3) is 0 Å². The monoisotopic (exact) mass is 951 g/mol. The number of allylic oxidation sites excluding steroid dienone is 10. The average molecular weight is 952 g/mol. The molecule has 0 amide bonds. The molecule has 1 atom stereocenters. The number of hydrogen-bond acceptors (Lipinski definition) is 5. The lowest BCUT2D eigenvalue weighted by Gasteiger charge is -2.15. The first-order valence-electron chi connectivity index (χ1n) is 29.8. The van der Waals surface area contributed by atoms with E-state index in [1.165, 1.54) is 218 Å². The fourth-order valence-electron chi connectivity index (χ4n) is 8.84. The third-order valence-corrected chi connectivity index (χ3v) is 13.3. The van der Waals surface area contributed by atoms with Gasteiger partial charge >= 0.3 is 11.9 Å². The minimum atomic E-state index is -0.772. The third kappa shape index (κ3) is 56.2. The van der Waals surface area contributed by atoms with Gasteiger partial charge in [-0.15, -0.1) is 0 Å². The van der Waals surface area contributed by atoms with E-state index in [-0.39, 0.29) is 25.2 Å². The van der Waals surface area contributed by atoms with Crippen LogP contribution in [0.3, 0.4) is 0 Å². The average Bonchev–Trinajstić information content (AvgIpc) is 3.34. The molecule has 0 aromatic carbocycles. The third-order valence-electron chi connectivity index (χ3n) is 13.3. The van der Waals surface area contributed by atoms with Gasteiger partial charge in [-0.2, -0.15) is 0 Å². The molecule has 0 radical (unpaired) electrons. The van der Waals surface area contributed by atoms with Crippen molar-refractivity contribution in [3.05, 3.63) is 60.8 Å². The van der Waals surface area contributed by atoms with Crippen LogP contribution >= 0.6 is 0 Å². The molecule has 0 aromatic rings. The molecule has 0 heterocycles. The number of rotatable bonds is 55. The highest BCUT2D eigenvalue weighted by Gasteiger charge is 2.16. The number of carbonyl (C=O) groups is 2. The van der Waals surface area contributed by atoms with E-state index in [4.69, 9.17) is 9.47 Å². The topological polar surface area (TPSA) is 72.8 Å². The fraction of sp³-hybridized carbons (Fsp3) is 0.810. The highest BCUT2D eigenvalue weighted by Crippen LogP contribution is 2.17. The molecular formula is C63H114O5. The summed E-state index contributed by atoms with van der Waals surface area (Å²) in [6.07, 6.45) is 79.3. The normalized spacial score (nSPS) is 12.6. The zero-order valence-electron chi connectivity index (χ0n) is 45.4. The molecule has 0 bridgehead atoms. The summed E-state index contributed by atoms with van der Waals surface area (Å²) in [5.74, 6) is -0.581. The van der Waals surface area contributed by atoms with Gasteiger partial charge < -0.3 is 14.6 Å². The first-order chi connectivity index (χ1) is 33.6. The molecular weight excluding hydrogens is 837 g/mol. The lowest BCUT2D eigenvalue weighted by molar-refractivity contribution is -0.161.